The molecule has 1 aliphatic rings. The van der Waals surface area contributed by atoms with Gasteiger partial charge in [-0.15, -0.1) is 0 Å². The summed E-state index contributed by atoms with van der Waals surface area (Å²) in [6.45, 7) is 0. The molecule has 0 unspecified atom stereocenters. The molecule has 0 spiro atoms. The second kappa shape index (κ2) is 6.13. The lowest BCUT2D eigenvalue weighted by Crippen LogP contribution is -2.27. The number of hydrogen-bond donors (Lipinski definition) is 1. The number of methoxy groups -OCH3 is 2. The molecule has 120 valence electrons. The molecule has 0 heterocycles. The van der Waals surface area contributed by atoms with Crippen LogP contribution in [0.5, 0.6) is 11.5 Å². The van der Waals surface area contributed by atoms with Gasteiger partial charge in [-0.25, -0.2) is 0 Å². The maximum Gasteiger partial charge on any atom is 0.235 e. The van der Waals surface area contributed by atoms with E-state index in [1.165, 1.54) is 0 Å². The van der Waals surface area contributed by atoms with Gasteiger partial charge in [-0.2, -0.15) is 0 Å². The number of halogens is 1. The van der Waals surface area contributed by atoms with E-state index in [1.54, 1.807) is 32.4 Å². The van der Waals surface area contributed by atoms with E-state index in [2.05, 4.69) is 5.32 Å². The van der Waals surface area contributed by atoms with Crippen LogP contribution in [-0.2, 0) is 10.2 Å². The number of anilines is 1. The van der Waals surface area contributed by atoms with E-state index >= 15 is 0 Å². The van der Waals surface area contributed by atoms with Crippen LogP contribution in [0, 0.1) is 0 Å². The highest BCUT2D eigenvalue weighted by Gasteiger charge is 2.51. The molecule has 1 aliphatic carbocycles. The Morgan fingerprint density at radius 2 is 1.70 bits per heavy atom. The van der Waals surface area contributed by atoms with Gasteiger partial charge in [0, 0.05) is 16.8 Å². The van der Waals surface area contributed by atoms with Crippen LogP contribution < -0.4 is 14.8 Å². The first-order chi connectivity index (χ1) is 11.1. The van der Waals surface area contributed by atoms with Crippen molar-refractivity contribution in [3.63, 3.8) is 0 Å². The summed E-state index contributed by atoms with van der Waals surface area (Å²) in [6, 6.07) is 12.8. The Labute approximate surface area is 140 Å². The van der Waals surface area contributed by atoms with Crippen molar-refractivity contribution < 1.29 is 14.3 Å². The third-order valence-corrected chi connectivity index (χ3v) is 4.47. The number of benzene rings is 2. The van der Waals surface area contributed by atoms with Crippen molar-refractivity contribution in [2.45, 2.75) is 18.3 Å². The molecule has 2 aromatic rings. The predicted octanol–water partition coefficient (Wildman–Crippen LogP) is 4.03. The van der Waals surface area contributed by atoms with Gasteiger partial charge in [-0.3, -0.25) is 4.79 Å². The average molecular weight is 332 g/mol. The highest BCUT2D eigenvalue weighted by molar-refractivity contribution is 6.30. The van der Waals surface area contributed by atoms with Gasteiger partial charge >= 0.3 is 0 Å². The zero-order chi connectivity index (χ0) is 16.4. The van der Waals surface area contributed by atoms with Crippen LogP contribution in [0.25, 0.3) is 0 Å². The number of hydrogen-bond acceptors (Lipinski definition) is 3. The van der Waals surface area contributed by atoms with Crippen LogP contribution in [0.1, 0.15) is 18.4 Å². The molecule has 0 atom stereocenters. The minimum Gasteiger partial charge on any atom is -0.493 e. The third-order valence-electron chi connectivity index (χ3n) is 4.22. The van der Waals surface area contributed by atoms with Gasteiger partial charge in [0.25, 0.3) is 0 Å². The maximum absolute atomic E-state index is 12.7. The maximum atomic E-state index is 12.7. The van der Waals surface area contributed by atoms with Crippen molar-refractivity contribution in [3.8, 4) is 11.5 Å². The Morgan fingerprint density at radius 3 is 2.26 bits per heavy atom. The fourth-order valence-electron chi connectivity index (χ4n) is 2.71. The zero-order valence-corrected chi connectivity index (χ0v) is 13.8. The van der Waals surface area contributed by atoms with Gasteiger partial charge in [0.15, 0.2) is 11.5 Å². The van der Waals surface area contributed by atoms with Crippen molar-refractivity contribution in [3.05, 3.63) is 53.1 Å². The smallest absolute Gasteiger partial charge is 0.235 e. The first kappa shape index (κ1) is 15.7. The summed E-state index contributed by atoms with van der Waals surface area (Å²) in [6.07, 6.45) is 1.68. The van der Waals surface area contributed by atoms with Crippen LogP contribution in [-0.4, -0.2) is 20.1 Å². The summed E-state index contributed by atoms with van der Waals surface area (Å²) in [5.74, 6) is 1.21. The second-order valence-electron chi connectivity index (χ2n) is 5.61. The van der Waals surface area contributed by atoms with Crippen molar-refractivity contribution in [1.82, 2.24) is 0 Å². The van der Waals surface area contributed by atoms with Gasteiger partial charge in [0.1, 0.15) is 0 Å². The predicted molar refractivity (Wildman–Crippen MR) is 90.5 cm³/mol. The van der Waals surface area contributed by atoms with Crippen LogP contribution in [0.4, 0.5) is 5.69 Å². The normalized spacial score (nSPS) is 14.9. The van der Waals surface area contributed by atoms with Crippen molar-refractivity contribution >= 4 is 23.2 Å². The minimum atomic E-state index is -0.447. The van der Waals surface area contributed by atoms with Crippen molar-refractivity contribution in [1.29, 1.82) is 0 Å². The van der Waals surface area contributed by atoms with E-state index in [1.807, 2.05) is 24.3 Å². The lowest BCUT2D eigenvalue weighted by molar-refractivity contribution is -0.118. The van der Waals surface area contributed by atoms with Crippen molar-refractivity contribution in [2.75, 3.05) is 19.5 Å². The fraction of sp³-hybridized carbons (Fsp3) is 0.278. The van der Waals surface area contributed by atoms with Crippen LogP contribution >= 0.6 is 11.6 Å². The number of nitrogens with one attached hydrogen (secondary N) is 1. The molecule has 2 aromatic carbocycles. The monoisotopic (exact) mass is 331 g/mol. The van der Waals surface area contributed by atoms with Gasteiger partial charge in [0.05, 0.1) is 19.6 Å². The lowest BCUT2D eigenvalue weighted by Gasteiger charge is -2.17. The molecule has 1 amide bonds. The quantitative estimate of drug-likeness (QED) is 0.900. The van der Waals surface area contributed by atoms with E-state index in [0.29, 0.717) is 22.2 Å². The minimum absolute atomic E-state index is 0.00737. The first-order valence-electron chi connectivity index (χ1n) is 7.38. The molecule has 1 saturated carbocycles. The number of carbonyl (C=O) groups excluding carboxylic acids is 1. The molecule has 1 N–H and O–H groups in total. The van der Waals surface area contributed by atoms with Gasteiger partial charge in [-0.05, 0) is 42.7 Å². The summed E-state index contributed by atoms with van der Waals surface area (Å²) in [5.41, 5.74) is 1.24. The Kier molecular flexibility index (Phi) is 4.18. The molecule has 0 saturated heterocycles. The topological polar surface area (TPSA) is 47.6 Å². The summed E-state index contributed by atoms with van der Waals surface area (Å²) >= 11 is 5.93. The van der Waals surface area contributed by atoms with Crippen LogP contribution in [0.2, 0.25) is 5.02 Å². The number of amides is 1. The molecule has 0 radical (unpaired) electrons. The van der Waals surface area contributed by atoms with Crippen molar-refractivity contribution in [2.24, 2.45) is 0 Å². The van der Waals surface area contributed by atoms with Crippen LogP contribution in [0.3, 0.4) is 0 Å². The molecular weight excluding hydrogens is 314 g/mol. The number of ether oxygens (including phenoxy) is 2. The summed E-state index contributed by atoms with van der Waals surface area (Å²) in [5, 5.41) is 3.65. The van der Waals surface area contributed by atoms with E-state index in [0.717, 1.165) is 18.4 Å². The Balaban J connectivity index is 1.80. The number of carbonyl (C=O) groups is 1. The third kappa shape index (κ3) is 2.99. The van der Waals surface area contributed by atoms with E-state index < -0.39 is 5.41 Å². The highest BCUT2D eigenvalue weighted by Crippen LogP contribution is 2.49. The molecule has 0 bridgehead atoms. The summed E-state index contributed by atoms with van der Waals surface area (Å²) in [4.78, 5) is 12.7. The van der Waals surface area contributed by atoms with Gasteiger partial charge in [0.2, 0.25) is 5.91 Å². The van der Waals surface area contributed by atoms with E-state index in [-0.39, 0.29) is 5.91 Å². The lowest BCUT2D eigenvalue weighted by atomic mass is 9.95. The highest BCUT2D eigenvalue weighted by atomic mass is 35.5. The number of rotatable bonds is 5. The molecule has 3 rings (SSSR count). The SMILES string of the molecule is COc1ccc(NC(=O)C2(c3ccc(Cl)cc3)CC2)cc1OC. The second-order valence-corrected chi connectivity index (χ2v) is 6.05. The average Bonchev–Trinajstić information content (AvgIpc) is 3.37. The van der Waals surface area contributed by atoms with E-state index in [4.69, 9.17) is 21.1 Å². The standard InChI is InChI=1S/C18H18ClNO3/c1-22-15-8-7-14(11-16(15)23-2)20-17(21)18(9-10-18)12-3-5-13(19)6-4-12/h3-8,11H,9-10H2,1-2H3,(H,20,21). The van der Waals surface area contributed by atoms with Gasteiger partial charge in [-0.1, -0.05) is 23.7 Å². The Morgan fingerprint density at radius 1 is 1.04 bits per heavy atom. The Hall–Kier alpha value is -2.20. The molecule has 0 aliphatic heterocycles. The fourth-order valence-corrected chi connectivity index (χ4v) is 2.83. The molecule has 23 heavy (non-hydrogen) atoms. The molecule has 5 heteroatoms. The van der Waals surface area contributed by atoms with E-state index in [9.17, 15) is 4.79 Å². The first-order valence-corrected chi connectivity index (χ1v) is 7.76. The molecular formula is C18H18ClNO3. The molecule has 0 aromatic heterocycles. The summed E-state index contributed by atoms with van der Waals surface area (Å²) < 4.78 is 10.5. The Bertz CT molecular complexity index is 724. The summed E-state index contributed by atoms with van der Waals surface area (Å²) in [7, 11) is 3.15. The molecule has 1 fully saturated rings. The molecule has 4 nitrogen and oxygen atoms in total. The largest absolute Gasteiger partial charge is 0.493 e. The van der Waals surface area contributed by atoms with Gasteiger partial charge < -0.3 is 14.8 Å². The zero-order valence-electron chi connectivity index (χ0n) is 13.1. The van der Waals surface area contributed by atoms with Crippen LogP contribution in [0.15, 0.2) is 42.5 Å².